The van der Waals surface area contributed by atoms with Gasteiger partial charge in [0, 0.05) is 47.9 Å². The molecule has 0 spiro atoms. The van der Waals surface area contributed by atoms with Crippen LogP contribution in [-0.2, 0) is 11.2 Å². The minimum atomic E-state index is -0.126. The number of fused-ring (bicyclic) bond motifs is 1. The number of carbonyl (C=O) groups excluding carboxylic acids is 1. The van der Waals surface area contributed by atoms with Crippen molar-refractivity contribution in [3.63, 3.8) is 0 Å². The van der Waals surface area contributed by atoms with Crippen molar-refractivity contribution in [2.45, 2.75) is 27.2 Å². The van der Waals surface area contributed by atoms with E-state index in [1.165, 1.54) is 6.92 Å². The molecule has 0 saturated heterocycles. The standard InChI is InChI=1S/C17H17N5O/c1-4-16-19-8-13-5-12(7-20-17(13)22-16)15-6-14(21-11(3)23)9-18-10(15)2/h5-9H,4H2,1-3H3,(H,21,23). The van der Waals surface area contributed by atoms with Gasteiger partial charge >= 0.3 is 0 Å². The van der Waals surface area contributed by atoms with Crippen LogP contribution < -0.4 is 5.32 Å². The Kier molecular flexibility index (Phi) is 3.97. The van der Waals surface area contributed by atoms with E-state index in [1.54, 1.807) is 18.6 Å². The highest BCUT2D eigenvalue weighted by atomic mass is 16.1. The summed E-state index contributed by atoms with van der Waals surface area (Å²) >= 11 is 0. The molecule has 0 aliphatic heterocycles. The molecule has 3 aromatic heterocycles. The number of rotatable bonds is 3. The third kappa shape index (κ3) is 3.15. The molecule has 3 aromatic rings. The van der Waals surface area contributed by atoms with Gasteiger partial charge in [-0.15, -0.1) is 0 Å². The number of anilines is 1. The van der Waals surface area contributed by atoms with Gasteiger partial charge in [0.25, 0.3) is 0 Å². The van der Waals surface area contributed by atoms with Crippen molar-refractivity contribution in [2.75, 3.05) is 5.32 Å². The van der Waals surface area contributed by atoms with Gasteiger partial charge in [0.1, 0.15) is 5.82 Å². The van der Waals surface area contributed by atoms with Gasteiger partial charge in [0.2, 0.25) is 5.91 Å². The Labute approximate surface area is 134 Å². The Bertz CT molecular complexity index is 891. The monoisotopic (exact) mass is 307 g/mol. The number of hydrogen-bond donors (Lipinski definition) is 1. The first-order valence-electron chi connectivity index (χ1n) is 7.43. The number of hydrogen-bond acceptors (Lipinski definition) is 5. The predicted octanol–water partition coefficient (Wildman–Crippen LogP) is 2.92. The first kappa shape index (κ1) is 15.0. The van der Waals surface area contributed by atoms with Gasteiger partial charge in [-0.2, -0.15) is 0 Å². The van der Waals surface area contributed by atoms with Crippen LogP contribution in [0.15, 0.2) is 30.7 Å². The van der Waals surface area contributed by atoms with Crippen molar-refractivity contribution >= 4 is 22.6 Å². The molecule has 0 unspecified atom stereocenters. The van der Waals surface area contributed by atoms with Crippen LogP contribution in [0.2, 0.25) is 0 Å². The molecule has 0 fully saturated rings. The number of amides is 1. The summed E-state index contributed by atoms with van der Waals surface area (Å²) in [5.41, 5.74) is 4.05. The topological polar surface area (TPSA) is 80.7 Å². The van der Waals surface area contributed by atoms with E-state index in [9.17, 15) is 4.79 Å². The third-order valence-electron chi connectivity index (χ3n) is 3.52. The Morgan fingerprint density at radius 1 is 1.13 bits per heavy atom. The van der Waals surface area contributed by atoms with Crippen molar-refractivity contribution in [1.29, 1.82) is 0 Å². The molecule has 6 nitrogen and oxygen atoms in total. The Morgan fingerprint density at radius 2 is 1.96 bits per heavy atom. The normalized spacial score (nSPS) is 10.7. The van der Waals surface area contributed by atoms with Crippen LogP contribution in [0.3, 0.4) is 0 Å². The highest BCUT2D eigenvalue weighted by Gasteiger charge is 2.08. The van der Waals surface area contributed by atoms with E-state index in [0.29, 0.717) is 11.3 Å². The minimum Gasteiger partial charge on any atom is -0.325 e. The summed E-state index contributed by atoms with van der Waals surface area (Å²) in [6.45, 7) is 5.41. The van der Waals surface area contributed by atoms with Gasteiger partial charge in [0.15, 0.2) is 5.65 Å². The molecule has 6 heteroatoms. The largest absolute Gasteiger partial charge is 0.325 e. The predicted molar refractivity (Wildman–Crippen MR) is 89.0 cm³/mol. The zero-order chi connectivity index (χ0) is 16.4. The van der Waals surface area contributed by atoms with E-state index in [1.807, 2.05) is 26.0 Å². The molecule has 3 heterocycles. The van der Waals surface area contributed by atoms with E-state index in [2.05, 4.69) is 25.3 Å². The van der Waals surface area contributed by atoms with Crippen molar-refractivity contribution < 1.29 is 4.79 Å². The number of nitrogens with one attached hydrogen (secondary N) is 1. The van der Waals surface area contributed by atoms with Gasteiger partial charge in [-0.1, -0.05) is 6.92 Å². The molecule has 0 aromatic carbocycles. The summed E-state index contributed by atoms with van der Waals surface area (Å²) in [5, 5.41) is 3.63. The molecule has 0 atom stereocenters. The smallest absolute Gasteiger partial charge is 0.221 e. The second-order valence-corrected chi connectivity index (χ2v) is 5.31. The van der Waals surface area contributed by atoms with Crippen molar-refractivity contribution in [1.82, 2.24) is 19.9 Å². The first-order chi connectivity index (χ1) is 11.1. The number of aryl methyl sites for hydroxylation is 2. The zero-order valence-electron chi connectivity index (χ0n) is 13.3. The summed E-state index contributed by atoms with van der Waals surface area (Å²) in [6, 6.07) is 3.89. The second-order valence-electron chi connectivity index (χ2n) is 5.31. The lowest BCUT2D eigenvalue weighted by Crippen LogP contribution is -2.06. The average Bonchev–Trinajstić information content (AvgIpc) is 2.55. The molecule has 3 rings (SSSR count). The maximum absolute atomic E-state index is 11.2. The lowest BCUT2D eigenvalue weighted by atomic mass is 10.0. The highest BCUT2D eigenvalue weighted by molar-refractivity contribution is 5.90. The van der Waals surface area contributed by atoms with Gasteiger partial charge in [-0.3, -0.25) is 9.78 Å². The van der Waals surface area contributed by atoms with Gasteiger partial charge in [0.05, 0.1) is 11.9 Å². The maximum Gasteiger partial charge on any atom is 0.221 e. The first-order valence-corrected chi connectivity index (χ1v) is 7.43. The van der Waals surface area contributed by atoms with Crippen LogP contribution in [0.1, 0.15) is 25.4 Å². The van der Waals surface area contributed by atoms with E-state index >= 15 is 0 Å². The maximum atomic E-state index is 11.2. The molecule has 0 aliphatic carbocycles. The fraction of sp³-hybridized carbons (Fsp3) is 0.235. The summed E-state index contributed by atoms with van der Waals surface area (Å²) in [7, 11) is 0. The Hall–Kier alpha value is -2.89. The van der Waals surface area contributed by atoms with Crippen LogP contribution in [0, 0.1) is 6.92 Å². The zero-order valence-corrected chi connectivity index (χ0v) is 13.3. The Balaban J connectivity index is 2.07. The molecule has 0 aliphatic rings. The van der Waals surface area contributed by atoms with E-state index < -0.39 is 0 Å². The highest BCUT2D eigenvalue weighted by Crippen LogP contribution is 2.26. The molecule has 0 bridgehead atoms. The minimum absolute atomic E-state index is 0.126. The molecule has 116 valence electrons. The number of carbonyl (C=O) groups is 1. The van der Waals surface area contributed by atoms with Gasteiger partial charge < -0.3 is 5.32 Å². The van der Waals surface area contributed by atoms with Crippen LogP contribution in [-0.4, -0.2) is 25.8 Å². The third-order valence-corrected chi connectivity index (χ3v) is 3.52. The molecule has 1 N–H and O–H groups in total. The van der Waals surface area contributed by atoms with Gasteiger partial charge in [-0.05, 0) is 19.1 Å². The number of aromatic nitrogens is 4. The van der Waals surface area contributed by atoms with Crippen molar-refractivity contribution in [3.8, 4) is 11.1 Å². The summed E-state index contributed by atoms with van der Waals surface area (Å²) in [5.74, 6) is 0.655. The van der Waals surface area contributed by atoms with Crippen LogP contribution in [0.4, 0.5) is 5.69 Å². The lowest BCUT2D eigenvalue weighted by Gasteiger charge is -2.09. The fourth-order valence-corrected chi connectivity index (χ4v) is 2.37. The number of pyridine rings is 2. The second kappa shape index (κ2) is 6.08. The molecule has 23 heavy (non-hydrogen) atoms. The quantitative estimate of drug-likeness (QED) is 0.804. The van der Waals surface area contributed by atoms with Crippen molar-refractivity contribution in [2.24, 2.45) is 0 Å². The molecule has 0 radical (unpaired) electrons. The van der Waals surface area contributed by atoms with E-state index in [0.717, 1.165) is 34.5 Å². The summed E-state index contributed by atoms with van der Waals surface area (Å²) in [4.78, 5) is 28.7. The molecule has 0 saturated carbocycles. The van der Waals surface area contributed by atoms with Crippen LogP contribution in [0.5, 0.6) is 0 Å². The fourth-order valence-electron chi connectivity index (χ4n) is 2.37. The van der Waals surface area contributed by atoms with E-state index in [-0.39, 0.29) is 5.91 Å². The van der Waals surface area contributed by atoms with Crippen LogP contribution in [0.25, 0.3) is 22.2 Å². The van der Waals surface area contributed by atoms with Gasteiger partial charge in [-0.25, -0.2) is 15.0 Å². The summed E-state index contributed by atoms with van der Waals surface area (Å²) in [6.07, 6.45) is 5.99. The molecular formula is C17H17N5O. The SMILES string of the molecule is CCc1ncc2cc(-c3cc(NC(C)=O)cnc3C)cnc2n1. The lowest BCUT2D eigenvalue weighted by molar-refractivity contribution is -0.114. The average molecular weight is 307 g/mol. The van der Waals surface area contributed by atoms with E-state index in [4.69, 9.17) is 0 Å². The molecular weight excluding hydrogens is 290 g/mol. The number of nitrogens with zero attached hydrogens (tertiary/aromatic N) is 4. The summed E-state index contributed by atoms with van der Waals surface area (Å²) < 4.78 is 0. The van der Waals surface area contributed by atoms with Crippen LogP contribution >= 0.6 is 0 Å². The molecule has 1 amide bonds. The Morgan fingerprint density at radius 3 is 2.70 bits per heavy atom. The van der Waals surface area contributed by atoms with Crippen molar-refractivity contribution in [3.05, 3.63) is 42.2 Å².